The standard InChI is InChI=1S/C20H32O11/c1-26-17(24)18(25)10-13-15(16(30-18)14(23)12(22)11-21)31-20(7-3-5-9-28-20)19(29-13)6-2-4-8-27-19/h12-16,21-23,25H,2-11H2,1H3/t12-,13+,14+,15-,16+,18+,19-,20-/m0/s1. The van der Waals surface area contributed by atoms with Crippen LogP contribution in [0.1, 0.15) is 44.9 Å². The minimum Gasteiger partial charge on any atom is -0.465 e. The van der Waals surface area contributed by atoms with Crippen LogP contribution < -0.4 is 0 Å². The third kappa shape index (κ3) is 3.90. The lowest BCUT2D eigenvalue weighted by Gasteiger charge is -2.61. The number of rotatable bonds is 4. The molecule has 0 aromatic heterocycles. The number of fused-ring (bicyclic) bond motifs is 2. The minimum absolute atomic E-state index is 0.329. The molecule has 0 saturated carbocycles. The van der Waals surface area contributed by atoms with Crippen molar-refractivity contribution in [2.24, 2.45) is 0 Å². The summed E-state index contributed by atoms with van der Waals surface area (Å²) in [6.45, 7) is 0.120. The molecule has 4 rings (SSSR count). The summed E-state index contributed by atoms with van der Waals surface area (Å²) in [6.07, 6.45) is -2.63. The molecule has 11 heteroatoms. The normalized spacial score (nSPS) is 45.1. The summed E-state index contributed by atoms with van der Waals surface area (Å²) in [5, 5.41) is 40.9. The Balaban J connectivity index is 1.71. The van der Waals surface area contributed by atoms with Crippen molar-refractivity contribution >= 4 is 5.97 Å². The molecule has 0 amide bonds. The number of hydrogen-bond donors (Lipinski definition) is 4. The van der Waals surface area contributed by atoms with Gasteiger partial charge in [-0.25, -0.2) is 4.79 Å². The van der Waals surface area contributed by atoms with Crippen molar-refractivity contribution in [1.29, 1.82) is 0 Å². The SMILES string of the molecule is COC(=O)[C@@]1(O)C[C@H]2O[C@@]3(CCCCO3)[C@]3(CCCCO3)O[C@@H]2[C@@H]([C@H](O)[C@@H](O)CO)O1. The summed E-state index contributed by atoms with van der Waals surface area (Å²) in [5.41, 5.74) is 0. The van der Waals surface area contributed by atoms with E-state index in [4.69, 9.17) is 23.7 Å². The average molecular weight is 448 g/mol. The van der Waals surface area contributed by atoms with Gasteiger partial charge in [0.05, 0.1) is 33.0 Å². The van der Waals surface area contributed by atoms with Crippen molar-refractivity contribution in [3.05, 3.63) is 0 Å². The molecule has 0 radical (unpaired) electrons. The predicted octanol–water partition coefficient (Wildman–Crippen LogP) is -1.07. The van der Waals surface area contributed by atoms with Gasteiger partial charge in [-0.05, 0) is 25.7 Å². The zero-order valence-corrected chi connectivity index (χ0v) is 17.6. The smallest absolute Gasteiger partial charge is 0.366 e. The van der Waals surface area contributed by atoms with Crippen LogP contribution in [0.3, 0.4) is 0 Å². The van der Waals surface area contributed by atoms with Gasteiger partial charge in [-0.3, -0.25) is 0 Å². The molecule has 31 heavy (non-hydrogen) atoms. The van der Waals surface area contributed by atoms with Crippen molar-refractivity contribution in [2.75, 3.05) is 26.9 Å². The highest BCUT2D eigenvalue weighted by molar-refractivity contribution is 5.77. The monoisotopic (exact) mass is 448 g/mol. The highest BCUT2D eigenvalue weighted by Crippen LogP contribution is 2.52. The van der Waals surface area contributed by atoms with Crippen LogP contribution >= 0.6 is 0 Å². The first kappa shape index (κ1) is 23.3. The van der Waals surface area contributed by atoms with Crippen LogP contribution in [-0.4, -0.2) is 101 Å². The second-order valence-electron chi connectivity index (χ2n) is 8.66. The van der Waals surface area contributed by atoms with Gasteiger partial charge in [-0.1, -0.05) is 0 Å². The molecule has 0 aromatic carbocycles. The van der Waals surface area contributed by atoms with E-state index >= 15 is 0 Å². The van der Waals surface area contributed by atoms with Crippen LogP contribution in [0, 0.1) is 0 Å². The molecule has 0 aromatic rings. The van der Waals surface area contributed by atoms with Crippen molar-refractivity contribution in [1.82, 2.24) is 0 Å². The molecular formula is C20H32O11. The largest absolute Gasteiger partial charge is 0.465 e. The molecule has 178 valence electrons. The van der Waals surface area contributed by atoms with Gasteiger partial charge < -0.3 is 48.8 Å². The van der Waals surface area contributed by atoms with Crippen LogP contribution in [0.5, 0.6) is 0 Å². The Hall–Kier alpha value is -0.890. The predicted molar refractivity (Wildman–Crippen MR) is 100 cm³/mol. The van der Waals surface area contributed by atoms with E-state index in [9.17, 15) is 25.2 Å². The first-order valence-corrected chi connectivity index (χ1v) is 10.9. The fraction of sp³-hybridized carbons (Fsp3) is 0.950. The molecule has 4 saturated heterocycles. The van der Waals surface area contributed by atoms with Crippen LogP contribution in [0.15, 0.2) is 0 Å². The lowest BCUT2D eigenvalue weighted by Crippen LogP contribution is -2.75. The first-order valence-electron chi connectivity index (χ1n) is 10.9. The van der Waals surface area contributed by atoms with E-state index in [1.54, 1.807) is 0 Å². The van der Waals surface area contributed by atoms with Crippen molar-refractivity contribution in [3.63, 3.8) is 0 Å². The lowest BCUT2D eigenvalue weighted by molar-refractivity contribution is -0.502. The molecule has 4 aliphatic rings. The molecule has 0 aliphatic carbocycles. The van der Waals surface area contributed by atoms with Gasteiger partial charge in [-0.15, -0.1) is 0 Å². The zero-order chi connectivity index (χ0) is 22.3. The van der Waals surface area contributed by atoms with Gasteiger partial charge in [0.25, 0.3) is 5.79 Å². The van der Waals surface area contributed by atoms with E-state index in [0.29, 0.717) is 26.1 Å². The Labute approximate surface area is 180 Å². The molecule has 4 N–H and O–H groups in total. The molecular weight excluding hydrogens is 416 g/mol. The quantitative estimate of drug-likeness (QED) is 0.389. The topological polar surface area (TPSA) is 153 Å². The van der Waals surface area contributed by atoms with E-state index in [2.05, 4.69) is 4.74 Å². The van der Waals surface area contributed by atoms with Crippen molar-refractivity contribution < 1.29 is 53.6 Å². The Morgan fingerprint density at radius 3 is 2.16 bits per heavy atom. The number of aliphatic hydroxyl groups is 4. The van der Waals surface area contributed by atoms with Gasteiger partial charge in [0, 0.05) is 19.3 Å². The summed E-state index contributed by atoms with van der Waals surface area (Å²) in [4.78, 5) is 12.3. The summed E-state index contributed by atoms with van der Waals surface area (Å²) in [7, 11) is 1.10. The van der Waals surface area contributed by atoms with Crippen LogP contribution in [0.25, 0.3) is 0 Å². The Kier molecular flexibility index (Phi) is 6.61. The highest BCUT2D eigenvalue weighted by Gasteiger charge is 2.68. The lowest BCUT2D eigenvalue weighted by atomic mass is 9.84. The Morgan fingerprint density at radius 2 is 1.65 bits per heavy atom. The number of carbonyl (C=O) groups is 1. The third-order valence-corrected chi connectivity index (χ3v) is 6.64. The maximum absolute atomic E-state index is 12.3. The third-order valence-electron chi connectivity index (χ3n) is 6.64. The van der Waals surface area contributed by atoms with E-state index in [-0.39, 0.29) is 6.42 Å². The second kappa shape index (κ2) is 8.81. The van der Waals surface area contributed by atoms with Crippen LogP contribution in [0.2, 0.25) is 0 Å². The molecule has 11 nitrogen and oxygen atoms in total. The zero-order valence-electron chi connectivity index (χ0n) is 17.6. The van der Waals surface area contributed by atoms with Gasteiger partial charge in [0.1, 0.15) is 24.4 Å². The van der Waals surface area contributed by atoms with Gasteiger partial charge in [0.2, 0.25) is 11.6 Å². The van der Waals surface area contributed by atoms with Crippen molar-refractivity contribution in [3.8, 4) is 0 Å². The fourth-order valence-electron chi connectivity index (χ4n) is 5.04. The number of aliphatic hydroxyl groups excluding tert-OH is 3. The fourth-order valence-corrected chi connectivity index (χ4v) is 5.04. The first-order chi connectivity index (χ1) is 14.8. The summed E-state index contributed by atoms with van der Waals surface area (Å²) < 4.78 is 35.3. The van der Waals surface area contributed by atoms with Gasteiger partial charge in [-0.2, -0.15) is 0 Å². The molecule has 0 bridgehead atoms. The highest BCUT2D eigenvalue weighted by atomic mass is 16.8. The Bertz CT molecular complexity index is 645. The summed E-state index contributed by atoms with van der Waals surface area (Å²) in [6, 6.07) is 0. The number of esters is 1. The van der Waals surface area contributed by atoms with Crippen molar-refractivity contribution in [2.45, 2.75) is 92.8 Å². The average Bonchev–Trinajstić information content (AvgIpc) is 2.79. The minimum atomic E-state index is -2.44. The Morgan fingerprint density at radius 1 is 1.03 bits per heavy atom. The number of carbonyl (C=O) groups excluding carboxylic acids is 1. The molecule has 4 aliphatic heterocycles. The van der Waals surface area contributed by atoms with Crippen LogP contribution in [0.4, 0.5) is 0 Å². The second-order valence-corrected chi connectivity index (χ2v) is 8.66. The molecule has 0 unspecified atom stereocenters. The van der Waals surface area contributed by atoms with Gasteiger partial charge in [0.15, 0.2) is 0 Å². The van der Waals surface area contributed by atoms with E-state index in [1.165, 1.54) is 0 Å². The number of ether oxygens (including phenoxy) is 6. The molecule has 2 spiro atoms. The van der Waals surface area contributed by atoms with E-state index < -0.39 is 60.5 Å². The van der Waals surface area contributed by atoms with Crippen LogP contribution in [-0.2, 0) is 33.2 Å². The maximum Gasteiger partial charge on any atom is 0.366 e. The number of hydrogen-bond acceptors (Lipinski definition) is 11. The number of methoxy groups -OCH3 is 1. The van der Waals surface area contributed by atoms with E-state index in [1.807, 2.05) is 0 Å². The molecule has 4 heterocycles. The molecule has 8 atom stereocenters. The maximum atomic E-state index is 12.3. The summed E-state index contributed by atoms with van der Waals surface area (Å²) >= 11 is 0. The molecule has 4 fully saturated rings. The van der Waals surface area contributed by atoms with E-state index in [0.717, 1.165) is 32.8 Å². The van der Waals surface area contributed by atoms with Gasteiger partial charge >= 0.3 is 5.97 Å². The summed E-state index contributed by atoms with van der Waals surface area (Å²) in [5.74, 6) is -5.99.